The molecular formula is C30H32N4O7S. The molecule has 0 saturated carbocycles. The largest absolute Gasteiger partial charge is 0.491 e. The Morgan fingerprint density at radius 3 is 2.74 bits per heavy atom. The number of nitrogens with zero attached hydrogens (tertiary/aromatic N) is 4. The lowest BCUT2D eigenvalue weighted by Gasteiger charge is -2.33. The Morgan fingerprint density at radius 2 is 1.93 bits per heavy atom. The van der Waals surface area contributed by atoms with Crippen LogP contribution in [0.2, 0.25) is 0 Å². The second kappa shape index (κ2) is 11.0. The van der Waals surface area contributed by atoms with E-state index in [4.69, 9.17) is 16.4 Å². The van der Waals surface area contributed by atoms with Crippen molar-refractivity contribution in [3.8, 4) is 11.5 Å². The van der Waals surface area contributed by atoms with Gasteiger partial charge in [-0.15, -0.1) is 5.10 Å². The summed E-state index contributed by atoms with van der Waals surface area (Å²) in [5.41, 5.74) is 4.60. The predicted molar refractivity (Wildman–Crippen MR) is 154 cm³/mol. The summed E-state index contributed by atoms with van der Waals surface area (Å²) < 4.78 is 64.1. The van der Waals surface area contributed by atoms with Crippen molar-refractivity contribution in [3.05, 3.63) is 81.9 Å². The van der Waals surface area contributed by atoms with E-state index in [1.165, 1.54) is 4.31 Å². The number of fused-ring (bicyclic) bond motifs is 6. The van der Waals surface area contributed by atoms with Crippen LogP contribution in [0.3, 0.4) is 0 Å². The molecule has 4 aromatic rings. The van der Waals surface area contributed by atoms with Crippen LogP contribution in [-0.2, 0) is 32.9 Å². The van der Waals surface area contributed by atoms with Crippen LogP contribution in [0.4, 0.5) is 0 Å². The Morgan fingerprint density at radius 1 is 1.10 bits per heavy atom. The van der Waals surface area contributed by atoms with Gasteiger partial charge in [-0.3, -0.25) is 4.79 Å². The van der Waals surface area contributed by atoms with Gasteiger partial charge in [-0.25, -0.2) is 4.68 Å². The predicted octanol–water partition coefficient (Wildman–Crippen LogP) is 4.26. The first-order valence-corrected chi connectivity index (χ1v) is 15.0. The average Bonchev–Trinajstić information content (AvgIpc) is 3.39. The fourth-order valence-electron chi connectivity index (χ4n) is 5.63. The van der Waals surface area contributed by atoms with Gasteiger partial charge in [0, 0.05) is 20.8 Å². The summed E-state index contributed by atoms with van der Waals surface area (Å²) in [5.74, 6) is -2.11. The minimum absolute atomic E-state index is 0.0142. The molecule has 220 valence electrons. The van der Waals surface area contributed by atoms with Crippen molar-refractivity contribution < 1.29 is 34.7 Å². The Kier molecular flexibility index (Phi) is 6.73. The monoisotopic (exact) mass is 594 g/mol. The van der Waals surface area contributed by atoms with E-state index in [-0.39, 0.29) is 18.9 Å². The standard InChI is InChI=1S/C30H32N4O7S/c1-18-4-5-21-15-25(18)20(3)34-17-22-14-23(6-9-28(22)41-42(34,37)38)40-13-12-39-11-10-33-27-8-7-24(26(21)16-29(35)36)19(2)30(27)31-32-33/h4-9,14-15,20,26H,10-13,16-17H2,1-3H3,(H,35,36)/t20-,26-/m1/s1/i16D2. The zero-order valence-electron chi connectivity index (χ0n) is 25.4. The number of rotatable bonds is 2. The van der Waals surface area contributed by atoms with Gasteiger partial charge in [-0.1, -0.05) is 29.5 Å². The number of aryl methyl sites for hydroxylation is 2. The minimum Gasteiger partial charge on any atom is -0.491 e. The fourth-order valence-corrected chi connectivity index (χ4v) is 6.91. The summed E-state index contributed by atoms with van der Waals surface area (Å²) >= 11 is 0. The van der Waals surface area contributed by atoms with Crippen molar-refractivity contribution in [2.24, 2.45) is 0 Å². The molecule has 3 aliphatic heterocycles. The van der Waals surface area contributed by atoms with Gasteiger partial charge in [0.2, 0.25) is 0 Å². The summed E-state index contributed by atoms with van der Waals surface area (Å²) in [4.78, 5) is 12.4. The third kappa shape index (κ3) is 5.21. The highest BCUT2D eigenvalue weighted by Crippen LogP contribution is 2.39. The number of carboxylic acids is 1. The van der Waals surface area contributed by atoms with Crippen LogP contribution >= 0.6 is 0 Å². The minimum atomic E-state index is -4.20. The number of aromatic nitrogens is 3. The number of carbonyl (C=O) groups is 1. The fraction of sp³-hybridized carbons (Fsp3) is 0.367. The number of hydrogen-bond acceptors (Lipinski definition) is 8. The molecule has 7 rings (SSSR count). The van der Waals surface area contributed by atoms with Crippen LogP contribution in [0.1, 0.15) is 61.4 Å². The van der Waals surface area contributed by atoms with Gasteiger partial charge in [0.25, 0.3) is 0 Å². The van der Waals surface area contributed by atoms with Gasteiger partial charge in [0.05, 0.1) is 37.7 Å². The molecule has 0 saturated heterocycles. The van der Waals surface area contributed by atoms with Crippen LogP contribution in [0.5, 0.6) is 11.5 Å². The quantitative estimate of drug-likeness (QED) is 0.361. The highest BCUT2D eigenvalue weighted by molar-refractivity contribution is 7.84. The van der Waals surface area contributed by atoms with Crippen LogP contribution in [0.25, 0.3) is 11.0 Å². The molecule has 0 spiro atoms. The molecule has 4 heterocycles. The maximum absolute atomic E-state index is 13.3. The SMILES string of the molecule is [2H]C([2H])(C(=O)O)[C@@H]1c2ccc(C)c(c2)[C@@H](C)N2Cc3cc(ccc3OS2(=O)=O)OCCOCCn2nnc3c(C)c1ccc32. The van der Waals surface area contributed by atoms with Gasteiger partial charge in [0.1, 0.15) is 23.6 Å². The summed E-state index contributed by atoms with van der Waals surface area (Å²) in [5, 5.41) is 18.7. The van der Waals surface area contributed by atoms with Crippen molar-refractivity contribution in [1.29, 1.82) is 0 Å². The molecular weight excluding hydrogens is 560 g/mol. The van der Waals surface area contributed by atoms with Crippen molar-refractivity contribution >= 4 is 27.3 Å². The number of aliphatic carboxylic acids is 1. The average molecular weight is 595 g/mol. The molecule has 12 heteroatoms. The normalized spacial score (nSPS) is 23.0. The molecule has 42 heavy (non-hydrogen) atoms. The zero-order chi connectivity index (χ0) is 31.4. The topological polar surface area (TPSA) is 133 Å². The second-order valence-corrected chi connectivity index (χ2v) is 11.9. The lowest BCUT2D eigenvalue weighted by Crippen LogP contribution is -2.39. The van der Waals surface area contributed by atoms with E-state index in [9.17, 15) is 18.3 Å². The molecule has 0 radical (unpaired) electrons. The smallest absolute Gasteiger partial charge is 0.386 e. The van der Waals surface area contributed by atoms with Gasteiger partial charge >= 0.3 is 16.3 Å². The first kappa shape index (κ1) is 25.7. The van der Waals surface area contributed by atoms with Crippen LogP contribution in [0.15, 0.2) is 48.5 Å². The van der Waals surface area contributed by atoms with E-state index in [2.05, 4.69) is 10.3 Å². The van der Waals surface area contributed by atoms with Crippen molar-refractivity contribution in [1.82, 2.24) is 19.3 Å². The van der Waals surface area contributed by atoms with Gasteiger partial charge < -0.3 is 18.8 Å². The van der Waals surface area contributed by atoms with E-state index >= 15 is 0 Å². The molecule has 1 unspecified atom stereocenters. The number of benzene rings is 3. The maximum Gasteiger partial charge on any atom is 0.386 e. The molecule has 1 aromatic heterocycles. The molecule has 1 N–H and O–H groups in total. The highest BCUT2D eigenvalue weighted by atomic mass is 32.2. The lowest BCUT2D eigenvalue weighted by atomic mass is 9.83. The van der Waals surface area contributed by atoms with E-state index < -0.39 is 34.6 Å². The third-order valence-electron chi connectivity index (χ3n) is 7.86. The Labute approximate surface area is 246 Å². The summed E-state index contributed by atoms with van der Waals surface area (Å²) in [7, 11) is -4.20. The van der Waals surface area contributed by atoms with Crippen molar-refractivity contribution in [2.45, 2.75) is 52.2 Å². The molecule has 3 atom stereocenters. The first-order chi connectivity index (χ1) is 20.9. The van der Waals surface area contributed by atoms with E-state index in [0.29, 0.717) is 64.4 Å². The van der Waals surface area contributed by atoms with E-state index in [1.807, 2.05) is 6.92 Å². The molecule has 3 aliphatic rings. The summed E-state index contributed by atoms with van der Waals surface area (Å²) in [6.07, 6.45) is -2.72. The van der Waals surface area contributed by atoms with Crippen LogP contribution < -0.4 is 8.92 Å². The van der Waals surface area contributed by atoms with Crippen molar-refractivity contribution in [2.75, 3.05) is 19.8 Å². The molecule has 0 amide bonds. The first-order valence-electron chi connectivity index (χ1n) is 14.6. The van der Waals surface area contributed by atoms with Gasteiger partial charge in [-0.2, -0.15) is 12.7 Å². The molecule has 0 fully saturated rings. The van der Waals surface area contributed by atoms with E-state index in [1.54, 1.807) is 67.1 Å². The molecule has 3 aromatic carbocycles. The second-order valence-electron chi connectivity index (χ2n) is 10.5. The van der Waals surface area contributed by atoms with Crippen LogP contribution in [-0.4, -0.2) is 58.6 Å². The van der Waals surface area contributed by atoms with E-state index in [0.717, 1.165) is 5.56 Å². The van der Waals surface area contributed by atoms with Gasteiger partial charge in [-0.05, 0) is 72.9 Å². The molecule has 0 aliphatic carbocycles. The summed E-state index contributed by atoms with van der Waals surface area (Å²) in [6.45, 7) is 6.66. The Hall–Kier alpha value is -4.00. The Bertz CT molecular complexity index is 1880. The lowest BCUT2D eigenvalue weighted by molar-refractivity contribution is -0.137. The zero-order valence-corrected chi connectivity index (χ0v) is 24.2. The number of hydrogen-bond donors (Lipinski definition) is 1. The van der Waals surface area contributed by atoms with Gasteiger partial charge in [0.15, 0.2) is 0 Å². The molecule has 9 bridgehead atoms. The number of ether oxygens (including phenoxy) is 2. The Balaban J connectivity index is 1.53. The maximum atomic E-state index is 13.3. The van der Waals surface area contributed by atoms with Crippen molar-refractivity contribution in [3.63, 3.8) is 0 Å². The molecule has 11 nitrogen and oxygen atoms in total. The summed E-state index contributed by atoms with van der Waals surface area (Å²) in [6, 6.07) is 12.8. The number of carboxylic acid groups (broad SMARTS) is 1. The van der Waals surface area contributed by atoms with Crippen LogP contribution in [0, 0.1) is 13.8 Å². The highest BCUT2D eigenvalue weighted by Gasteiger charge is 2.37. The third-order valence-corrected chi connectivity index (χ3v) is 9.27.